The molecular weight excluding hydrogens is 244 g/mol. The van der Waals surface area contributed by atoms with Crippen molar-refractivity contribution >= 4 is 0 Å². The van der Waals surface area contributed by atoms with Gasteiger partial charge in [-0.3, -0.25) is 0 Å². The van der Waals surface area contributed by atoms with Crippen molar-refractivity contribution < 1.29 is 5.11 Å². The van der Waals surface area contributed by atoms with Crippen molar-refractivity contribution in [3.63, 3.8) is 0 Å². The molecule has 1 heteroatoms. The number of hydrogen-bond donors (Lipinski definition) is 1. The highest BCUT2D eigenvalue weighted by Gasteiger charge is 2.11. The quantitative estimate of drug-likeness (QED) is 0.850. The van der Waals surface area contributed by atoms with E-state index >= 15 is 0 Å². The molecule has 1 N–H and O–H groups in total. The minimum absolute atomic E-state index is 0.181. The summed E-state index contributed by atoms with van der Waals surface area (Å²) in [6.45, 7) is 6.69. The largest absolute Gasteiger partial charge is 0.396 e. The van der Waals surface area contributed by atoms with Gasteiger partial charge in [-0.15, -0.1) is 0 Å². The highest BCUT2D eigenvalue weighted by molar-refractivity contribution is 5.29. The minimum Gasteiger partial charge on any atom is -0.396 e. The average Bonchev–Trinajstić information content (AvgIpc) is 2.46. The smallest absolute Gasteiger partial charge is 0.0502 e. The molecular formula is C19H24O. The zero-order valence-corrected chi connectivity index (χ0v) is 12.6. The topological polar surface area (TPSA) is 20.2 Å². The van der Waals surface area contributed by atoms with Gasteiger partial charge >= 0.3 is 0 Å². The summed E-state index contributed by atoms with van der Waals surface area (Å²) in [5.74, 6) is 0.746. The van der Waals surface area contributed by atoms with E-state index in [1.807, 2.05) is 0 Å². The van der Waals surface area contributed by atoms with Crippen LogP contribution in [0.2, 0.25) is 0 Å². The lowest BCUT2D eigenvalue weighted by Crippen LogP contribution is -2.08. The second-order valence-corrected chi connectivity index (χ2v) is 5.89. The van der Waals surface area contributed by atoms with E-state index in [1.165, 1.54) is 22.3 Å². The summed E-state index contributed by atoms with van der Waals surface area (Å²) in [6, 6.07) is 17.2. The lowest BCUT2D eigenvalue weighted by atomic mass is 9.91. The van der Waals surface area contributed by atoms with Gasteiger partial charge in [-0.2, -0.15) is 0 Å². The lowest BCUT2D eigenvalue weighted by molar-refractivity contribution is 0.264. The fourth-order valence-electron chi connectivity index (χ4n) is 2.45. The third-order valence-electron chi connectivity index (χ3n) is 3.90. The van der Waals surface area contributed by atoms with E-state index in [0.29, 0.717) is 5.92 Å². The van der Waals surface area contributed by atoms with Crippen molar-refractivity contribution in [2.75, 3.05) is 6.61 Å². The number of rotatable bonds is 5. The van der Waals surface area contributed by atoms with Crippen molar-refractivity contribution in [3.05, 3.63) is 70.8 Å². The highest BCUT2D eigenvalue weighted by Crippen LogP contribution is 2.22. The monoisotopic (exact) mass is 268 g/mol. The normalized spacial score (nSPS) is 12.7. The molecule has 0 heterocycles. The Balaban J connectivity index is 2.11. The molecule has 1 nitrogen and oxygen atoms in total. The van der Waals surface area contributed by atoms with Gasteiger partial charge in [0.2, 0.25) is 0 Å². The molecule has 0 saturated carbocycles. The second-order valence-electron chi connectivity index (χ2n) is 5.89. The second kappa shape index (κ2) is 6.71. The maximum atomic E-state index is 9.65. The number of hydrogen-bond acceptors (Lipinski definition) is 1. The first-order valence-corrected chi connectivity index (χ1v) is 7.36. The lowest BCUT2D eigenvalue weighted by Gasteiger charge is -2.16. The summed E-state index contributed by atoms with van der Waals surface area (Å²) in [5, 5.41) is 9.65. The fraction of sp³-hybridized carbons (Fsp3) is 0.368. The standard InChI is InChI=1S/C19H24O/c1-14(2)17-10-6-16(7-11-17)12-19(13-20)18-8-4-15(3)5-9-18/h4-11,14,19-20H,12-13H2,1-3H3. The molecule has 0 radical (unpaired) electrons. The van der Waals surface area contributed by atoms with Gasteiger partial charge in [-0.05, 0) is 36.0 Å². The van der Waals surface area contributed by atoms with Gasteiger partial charge in [0.15, 0.2) is 0 Å². The third-order valence-corrected chi connectivity index (χ3v) is 3.90. The number of aliphatic hydroxyl groups excluding tert-OH is 1. The molecule has 1 atom stereocenters. The highest BCUT2D eigenvalue weighted by atomic mass is 16.3. The van der Waals surface area contributed by atoms with E-state index in [9.17, 15) is 5.11 Å². The molecule has 0 aliphatic rings. The summed E-state index contributed by atoms with van der Waals surface area (Å²) >= 11 is 0. The van der Waals surface area contributed by atoms with E-state index < -0.39 is 0 Å². The van der Waals surface area contributed by atoms with Gasteiger partial charge in [-0.1, -0.05) is 67.9 Å². The van der Waals surface area contributed by atoms with Gasteiger partial charge in [0.05, 0.1) is 6.61 Å². The van der Waals surface area contributed by atoms with E-state index in [2.05, 4.69) is 69.3 Å². The van der Waals surface area contributed by atoms with Gasteiger partial charge in [-0.25, -0.2) is 0 Å². The molecule has 2 rings (SSSR count). The molecule has 0 spiro atoms. The molecule has 2 aromatic rings. The SMILES string of the molecule is Cc1ccc(C(CO)Cc2ccc(C(C)C)cc2)cc1. The first kappa shape index (κ1) is 14.8. The Morgan fingerprint density at radius 2 is 1.40 bits per heavy atom. The molecule has 2 aromatic carbocycles. The van der Waals surface area contributed by atoms with Crippen LogP contribution in [0.1, 0.15) is 47.9 Å². The third kappa shape index (κ3) is 3.71. The Hall–Kier alpha value is -1.60. The molecule has 0 fully saturated rings. The first-order valence-electron chi connectivity index (χ1n) is 7.36. The summed E-state index contributed by atoms with van der Waals surface area (Å²) in [6.07, 6.45) is 0.887. The zero-order valence-electron chi connectivity index (χ0n) is 12.6. The predicted octanol–water partition coefficient (Wildman–Crippen LogP) is 4.44. The molecule has 0 aliphatic heterocycles. The van der Waals surface area contributed by atoms with Crippen LogP contribution in [0.25, 0.3) is 0 Å². The Kier molecular flexibility index (Phi) is 4.97. The van der Waals surface area contributed by atoms with E-state index in [1.54, 1.807) is 0 Å². The van der Waals surface area contributed by atoms with Gasteiger partial charge in [0, 0.05) is 5.92 Å². The van der Waals surface area contributed by atoms with Crippen LogP contribution < -0.4 is 0 Å². The maximum absolute atomic E-state index is 9.65. The van der Waals surface area contributed by atoms with Crippen LogP contribution in [0.3, 0.4) is 0 Å². The summed E-state index contributed by atoms with van der Waals surface area (Å²) in [4.78, 5) is 0. The van der Waals surface area contributed by atoms with E-state index in [0.717, 1.165) is 6.42 Å². The predicted molar refractivity (Wildman–Crippen MR) is 85.2 cm³/mol. The van der Waals surface area contributed by atoms with Crippen molar-refractivity contribution in [2.45, 2.75) is 39.0 Å². The van der Waals surface area contributed by atoms with E-state index in [-0.39, 0.29) is 12.5 Å². The minimum atomic E-state index is 0.181. The van der Waals surface area contributed by atoms with Crippen LogP contribution in [0.4, 0.5) is 0 Å². The van der Waals surface area contributed by atoms with Crippen molar-refractivity contribution in [3.8, 4) is 0 Å². The van der Waals surface area contributed by atoms with Crippen molar-refractivity contribution in [2.24, 2.45) is 0 Å². The Morgan fingerprint density at radius 3 is 1.90 bits per heavy atom. The molecule has 106 valence electrons. The van der Waals surface area contributed by atoms with Crippen molar-refractivity contribution in [1.82, 2.24) is 0 Å². The van der Waals surface area contributed by atoms with Crippen LogP contribution in [-0.4, -0.2) is 11.7 Å². The summed E-state index contributed by atoms with van der Waals surface area (Å²) in [7, 11) is 0. The Labute approximate surface area is 122 Å². The molecule has 0 saturated heterocycles. The molecule has 20 heavy (non-hydrogen) atoms. The van der Waals surface area contributed by atoms with Crippen LogP contribution >= 0.6 is 0 Å². The van der Waals surface area contributed by atoms with Gasteiger partial charge < -0.3 is 5.11 Å². The molecule has 0 aromatic heterocycles. The summed E-state index contributed by atoms with van der Waals surface area (Å²) < 4.78 is 0. The first-order chi connectivity index (χ1) is 9.60. The zero-order chi connectivity index (χ0) is 14.5. The maximum Gasteiger partial charge on any atom is 0.0502 e. The molecule has 0 aliphatic carbocycles. The Morgan fingerprint density at radius 1 is 0.850 bits per heavy atom. The van der Waals surface area contributed by atoms with Gasteiger partial charge in [0.25, 0.3) is 0 Å². The summed E-state index contributed by atoms with van der Waals surface area (Å²) in [5.41, 5.74) is 5.12. The van der Waals surface area contributed by atoms with E-state index in [4.69, 9.17) is 0 Å². The van der Waals surface area contributed by atoms with Crippen LogP contribution in [0.15, 0.2) is 48.5 Å². The molecule has 1 unspecified atom stereocenters. The van der Waals surface area contributed by atoms with Crippen LogP contribution in [0.5, 0.6) is 0 Å². The number of aliphatic hydroxyl groups is 1. The molecule has 0 bridgehead atoms. The average molecular weight is 268 g/mol. The Bertz CT molecular complexity index is 523. The van der Waals surface area contributed by atoms with Crippen LogP contribution in [0, 0.1) is 6.92 Å². The fourth-order valence-corrected chi connectivity index (χ4v) is 2.45. The van der Waals surface area contributed by atoms with Crippen molar-refractivity contribution in [1.29, 1.82) is 0 Å². The number of benzene rings is 2. The van der Waals surface area contributed by atoms with Crippen LogP contribution in [-0.2, 0) is 6.42 Å². The number of aryl methyl sites for hydroxylation is 1. The van der Waals surface area contributed by atoms with Gasteiger partial charge in [0.1, 0.15) is 0 Å². The molecule has 0 amide bonds.